The fourth-order valence-corrected chi connectivity index (χ4v) is 3.33. The van der Waals surface area contributed by atoms with E-state index in [4.69, 9.17) is 25.8 Å². The van der Waals surface area contributed by atoms with Gasteiger partial charge in [0.25, 0.3) is 0 Å². The van der Waals surface area contributed by atoms with Crippen LogP contribution in [-0.4, -0.2) is 59.1 Å². The third kappa shape index (κ3) is 6.95. The minimum absolute atomic E-state index is 0.158. The number of nitrogens with zero attached hydrogens (tertiary/aromatic N) is 4. The third-order valence-corrected chi connectivity index (χ3v) is 5.63. The van der Waals surface area contributed by atoms with E-state index in [1.165, 1.54) is 12.8 Å². The van der Waals surface area contributed by atoms with Crippen molar-refractivity contribution in [3.8, 4) is 5.75 Å². The summed E-state index contributed by atoms with van der Waals surface area (Å²) in [6.07, 6.45) is 4.36. The van der Waals surface area contributed by atoms with Gasteiger partial charge in [0.2, 0.25) is 0 Å². The van der Waals surface area contributed by atoms with Crippen LogP contribution in [0.2, 0.25) is 5.02 Å². The molecule has 0 spiro atoms. The van der Waals surface area contributed by atoms with Gasteiger partial charge in [0.15, 0.2) is 0 Å². The Bertz CT molecular complexity index is 1020. The summed E-state index contributed by atoms with van der Waals surface area (Å²) < 4.78 is 18.4. The zero-order chi connectivity index (χ0) is 24.0. The Morgan fingerprint density at radius 1 is 1.36 bits per heavy atom. The van der Waals surface area contributed by atoms with Crippen LogP contribution in [0.3, 0.4) is 0 Å². The van der Waals surface area contributed by atoms with Crippen molar-refractivity contribution < 1.29 is 19.0 Å². The van der Waals surface area contributed by atoms with Gasteiger partial charge in [0.05, 0.1) is 36.0 Å². The monoisotopic (exact) mass is 476 g/mol. The zero-order valence-electron chi connectivity index (χ0n) is 19.8. The van der Waals surface area contributed by atoms with Crippen molar-refractivity contribution in [1.29, 1.82) is 0 Å². The van der Waals surface area contributed by atoms with Crippen LogP contribution in [-0.2, 0) is 20.8 Å². The van der Waals surface area contributed by atoms with Crippen molar-refractivity contribution in [2.24, 2.45) is 11.0 Å². The molecule has 0 radical (unpaired) electrons. The number of halogens is 1. The van der Waals surface area contributed by atoms with Crippen LogP contribution in [0, 0.1) is 5.92 Å². The average molecular weight is 477 g/mol. The molecule has 1 aromatic heterocycles. The van der Waals surface area contributed by atoms with Crippen molar-refractivity contribution in [1.82, 2.24) is 14.8 Å². The highest BCUT2D eigenvalue weighted by molar-refractivity contribution is 6.32. The van der Waals surface area contributed by atoms with Gasteiger partial charge in [0, 0.05) is 18.2 Å². The second-order valence-electron chi connectivity index (χ2n) is 8.24. The quantitative estimate of drug-likeness (QED) is 0.181. The minimum Gasteiger partial charge on any atom is -0.492 e. The fraction of sp³-hybridized carbons (Fsp3) is 0.542. The predicted octanol–water partition coefficient (Wildman–Crippen LogP) is 4.66. The van der Waals surface area contributed by atoms with Crippen LogP contribution < -0.4 is 4.74 Å². The number of hydrogen-bond donors (Lipinski definition) is 0. The lowest BCUT2D eigenvalue weighted by atomic mass is 10.2. The maximum absolute atomic E-state index is 12.3. The van der Waals surface area contributed by atoms with E-state index in [-0.39, 0.29) is 12.7 Å². The molecule has 1 saturated carbocycles. The first-order valence-corrected chi connectivity index (χ1v) is 11.7. The lowest BCUT2D eigenvalue weighted by Gasteiger charge is -2.25. The molecule has 1 aliphatic rings. The molecule has 0 amide bonds. The number of ether oxygens (including phenoxy) is 3. The maximum atomic E-state index is 12.3. The number of esters is 1. The maximum Gasteiger partial charge on any atom is 0.330 e. The lowest BCUT2D eigenvalue weighted by Crippen LogP contribution is -2.39. The summed E-state index contributed by atoms with van der Waals surface area (Å²) in [5, 5.41) is 12.4. The highest BCUT2D eigenvalue weighted by Crippen LogP contribution is 2.33. The fourth-order valence-electron chi connectivity index (χ4n) is 3.12. The van der Waals surface area contributed by atoms with Gasteiger partial charge in [-0.25, -0.2) is 4.79 Å². The molecule has 0 N–H and O–H groups in total. The van der Waals surface area contributed by atoms with Gasteiger partial charge in [-0.3, -0.25) is 9.69 Å². The van der Waals surface area contributed by atoms with Gasteiger partial charge in [-0.05, 0) is 64.2 Å². The predicted molar refractivity (Wildman–Crippen MR) is 130 cm³/mol. The first-order chi connectivity index (χ1) is 15.8. The molecule has 3 rings (SSSR count). The molecule has 2 aromatic rings. The van der Waals surface area contributed by atoms with E-state index in [9.17, 15) is 4.79 Å². The molecule has 33 heavy (non-hydrogen) atoms. The van der Waals surface area contributed by atoms with Crippen molar-refractivity contribution in [2.75, 3.05) is 26.6 Å². The molecular formula is C24H33ClN4O4. The molecule has 0 aliphatic heterocycles. The van der Waals surface area contributed by atoms with E-state index in [0.717, 1.165) is 16.5 Å². The lowest BCUT2D eigenvalue weighted by molar-refractivity contribution is -0.151. The Morgan fingerprint density at radius 3 is 2.76 bits per heavy atom. The SMILES string of the molecule is C=C(C)/C(Cn1cc2cc(OCC3CC3)c(Cl)cc2n1)=N\N(COCC)C(C)C(=O)OCC. The Morgan fingerprint density at radius 2 is 2.12 bits per heavy atom. The van der Waals surface area contributed by atoms with Crippen LogP contribution >= 0.6 is 11.6 Å². The van der Waals surface area contributed by atoms with E-state index in [1.54, 1.807) is 23.5 Å². The highest BCUT2D eigenvalue weighted by Gasteiger charge is 2.23. The van der Waals surface area contributed by atoms with Crippen LogP contribution in [0.1, 0.15) is 40.5 Å². The standard InChI is InChI=1S/C24H33ClN4O4/c1-6-31-15-29(17(5)24(30)32-7-2)27-22(16(3)4)13-28-12-19-10-23(33-14-18-8-9-18)20(25)11-21(19)26-28/h10-12,17-18H,3,6-9,13-15H2,1-2,4-5H3/b27-22-. The van der Waals surface area contributed by atoms with E-state index in [1.807, 2.05) is 32.2 Å². The second-order valence-corrected chi connectivity index (χ2v) is 8.65. The molecule has 1 atom stereocenters. The summed E-state index contributed by atoms with van der Waals surface area (Å²) in [5.41, 5.74) is 2.21. The molecule has 0 saturated heterocycles. The largest absolute Gasteiger partial charge is 0.492 e. The van der Waals surface area contributed by atoms with Crippen LogP contribution in [0.15, 0.2) is 35.6 Å². The van der Waals surface area contributed by atoms with E-state index >= 15 is 0 Å². The Labute approximate surface area is 200 Å². The molecule has 1 aliphatic carbocycles. The number of benzene rings is 1. The smallest absolute Gasteiger partial charge is 0.330 e. The number of hydrazone groups is 1. The summed E-state index contributed by atoms with van der Waals surface area (Å²) >= 11 is 6.40. The van der Waals surface area contributed by atoms with E-state index in [0.29, 0.717) is 48.8 Å². The number of allylic oxidation sites excluding steroid dienone is 1. The van der Waals surface area contributed by atoms with Gasteiger partial charge in [-0.2, -0.15) is 10.2 Å². The van der Waals surface area contributed by atoms with Crippen LogP contribution in [0.4, 0.5) is 0 Å². The minimum atomic E-state index is -0.604. The van der Waals surface area contributed by atoms with Gasteiger partial charge in [-0.1, -0.05) is 18.2 Å². The van der Waals surface area contributed by atoms with Crippen molar-refractivity contribution in [3.63, 3.8) is 0 Å². The molecule has 1 aromatic carbocycles. The summed E-state index contributed by atoms with van der Waals surface area (Å²) in [6, 6.07) is 3.13. The van der Waals surface area contributed by atoms with Crippen LogP contribution in [0.5, 0.6) is 5.75 Å². The van der Waals surface area contributed by atoms with Crippen molar-refractivity contribution in [3.05, 3.63) is 35.5 Å². The van der Waals surface area contributed by atoms with Gasteiger partial charge in [-0.15, -0.1) is 0 Å². The summed E-state index contributed by atoms with van der Waals surface area (Å²) in [7, 11) is 0. The Balaban J connectivity index is 1.82. The molecule has 8 nitrogen and oxygen atoms in total. The Kier molecular flexibility index (Phi) is 8.74. The van der Waals surface area contributed by atoms with Crippen LogP contribution in [0.25, 0.3) is 10.9 Å². The molecule has 9 heteroatoms. The van der Waals surface area contributed by atoms with Gasteiger partial charge in [0.1, 0.15) is 18.5 Å². The van der Waals surface area contributed by atoms with Gasteiger partial charge < -0.3 is 14.2 Å². The molecule has 0 bridgehead atoms. The topological polar surface area (TPSA) is 78.2 Å². The Hall–Kier alpha value is -2.58. The highest BCUT2D eigenvalue weighted by atomic mass is 35.5. The summed E-state index contributed by atoms with van der Waals surface area (Å²) in [4.78, 5) is 12.3. The average Bonchev–Trinajstić information content (AvgIpc) is 3.53. The van der Waals surface area contributed by atoms with E-state index < -0.39 is 6.04 Å². The number of aromatic nitrogens is 2. The van der Waals surface area contributed by atoms with Crippen molar-refractivity contribution in [2.45, 2.75) is 53.1 Å². The summed E-state index contributed by atoms with van der Waals surface area (Å²) in [6.45, 7) is 13.4. The van der Waals surface area contributed by atoms with Gasteiger partial charge >= 0.3 is 5.97 Å². The zero-order valence-corrected chi connectivity index (χ0v) is 20.6. The molecular weight excluding hydrogens is 444 g/mol. The van der Waals surface area contributed by atoms with Crippen molar-refractivity contribution >= 4 is 34.2 Å². The number of rotatable bonds is 13. The normalized spacial score (nSPS) is 14.9. The third-order valence-electron chi connectivity index (χ3n) is 5.33. The number of carbonyl (C=O) groups is 1. The molecule has 1 fully saturated rings. The number of fused-ring (bicyclic) bond motifs is 1. The molecule has 1 unspecified atom stereocenters. The second kappa shape index (κ2) is 11.5. The van der Waals surface area contributed by atoms with E-state index in [2.05, 4.69) is 16.8 Å². The first-order valence-electron chi connectivity index (χ1n) is 11.4. The summed E-state index contributed by atoms with van der Waals surface area (Å²) in [5.74, 6) is 0.959. The molecule has 1 heterocycles. The first kappa shape index (κ1) is 25.1. The number of carbonyl (C=O) groups excluding carboxylic acids is 1. The molecule has 180 valence electrons. The number of hydrogen-bond acceptors (Lipinski definition) is 7.